The zero-order chi connectivity index (χ0) is 15.2. The van der Waals surface area contributed by atoms with Crippen LogP contribution in [0.4, 0.5) is 5.69 Å². The molecule has 2 N–H and O–H groups in total. The second-order valence-electron chi connectivity index (χ2n) is 4.87. The van der Waals surface area contributed by atoms with Crippen molar-refractivity contribution in [3.8, 4) is 0 Å². The Morgan fingerprint density at radius 3 is 2.14 bits per heavy atom. The summed E-state index contributed by atoms with van der Waals surface area (Å²) in [4.78, 5) is 23.3. The number of carbonyl (C=O) groups excluding carboxylic acids is 2. The number of amides is 2. The van der Waals surface area contributed by atoms with Gasteiger partial charge in [0.05, 0.1) is 6.42 Å². The number of nitrogens with one attached hydrogen (secondary N) is 2. The first kappa shape index (κ1) is 14.8. The van der Waals surface area contributed by atoms with Crippen LogP contribution in [0.1, 0.15) is 21.5 Å². The van der Waals surface area contributed by atoms with Crippen molar-refractivity contribution in [3.05, 3.63) is 65.2 Å². The van der Waals surface area contributed by atoms with E-state index in [9.17, 15) is 9.59 Å². The molecule has 2 amide bonds. The molecule has 108 valence electrons. The van der Waals surface area contributed by atoms with Gasteiger partial charge >= 0.3 is 0 Å². The Hall–Kier alpha value is -2.62. The highest BCUT2D eigenvalue weighted by molar-refractivity contribution is 6.04. The van der Waals surface area contributed by atoms with E-state index in [0.29, 0.717) is 17.7 Å². The van der Waals surface area contributed by atoms with Crippen LogP contribution in [0.15, 0.2) is 48.5 Å². The first-order valence-corrected chi connectivity index (χ1v) is 6.76. The molecule has 0 radical (unpaired) electrons. The molecule has 0 atom stereocenters. The van der Waals surface area contributed by atoms with Crippen LogP contribution in [-0.4, -0.2) is 18.9 Å². The topological polar surface area (TPSA) is 58.2 Å². The second kappa shape index (κ2) is 6.70. The first-order valence-electron chi connectivity index (χ1n) is 6.76. The third-order valence-electron chi connectivity index (χ3n) is 3.17. The summed E-state index contributed by atoms with van der Waals surface area (Å²) in [7, 11) is 1.61. The van der Waals surface area contributed by atoms with Gasteiger partial charge in [0.2, 0.25) is 5.91 Å². The van der Waals surface area contributed by atoms with Crippen LogP contribution in [0.3, 0.4) is 0 Å². The number of carbonyl (C=O) groups is 2. The highest BCUT2D eigenvalue weighted by atomic mass is 16.2. The summed E-state index contributed by atoms with van der Waals surface area (Å²) in [5.74, 6) is -0.180. The number of anilines is 1. The van der Waals surface area contributed by atoms with Crippen LogP contribution >= 0.6 is 0 Å². The largest absolute Gasteiger partial charge is 0.359 e. The Bertz CT molecular complexity index is 631. The van der Waals surface area contributed by atoms with Crippen LogP contribution in [0.2, 0.25) is 0 Å². The van der Waals surface area contributed by atoms with Crippen molar-refractivity contribution in [2.45, 2.75) is 13.3 Å². The summed E-state index contributed by atoms with van der Waals surface area (Å²) in [6.07, 6.45) is 0.336. The molecule has 0 aliphatic heterocycles. The molecular formula is C17H18N2O2. The summed E-state index contributed by atoms with van der Waals surface area (Å²) < 4.78 is 0. The van der Waals surface area contributed by atoms with Gasteiger partial charge in [-0.25, -0.2) is 0 Å². The van der Waals surface area contributed by atoms with Gasteiger partial charge in [-0.05, 0) is 36.8 Å². The fourth-order valence-corrected chi connectivity index (χ4v) is 1.89. The number of rotatable bonds is 4. The summed E-state index contributed by atoms with van der Waals surface area (Å²) in [6, 6.07) is 14.7. The lowest BCUT2D eigenvalue weighted by Crippen LogP contribution is -2.19. The maximum absolute atomic E-state index is 12.1. The van der Waals surface area contributed by atoms with Crippen LogP contribution in [0.25, 0.3) is 0 Å². The highest BCUT2D eigenvalue weighted by Crippen LogP contribution is 2.12. The van der Waals surface area contributed by atoms with Gasteiger partial charge in [-0.2, -0.15) is 0 Å². The van der Waals surface area contributed by atoms with Gasteiger partial charge < -0.3 is 10.6 Å². The Labute approximate surface area is 124 Å². The van der Waals surface area contributed by atoms with E-state index < -0.39 is 0 Å². The van der Waals surface area contributed by atoms with Crippen molar-refractivity contribution in [2.24, 2.45) is 0 Å². The minimum Gasteiger partial charge on any atom is -0.359 e. The summed E-state index contributed by atoms with van der Waals surface area (Å²) in [5, 5.41) is 5.41. The lowest BCUT2D eigenvalue weighted by molar-refractivity contribution is -0.119. The van der Waals surface area contributed by atoms with Gasteiger partial charge in [0.15, 0.2) is 0 Å². The third kappa shape index (κ3) is 4.18. The van der Waals surface area contributed by atoms with Crippen molar-refractivity contribution in [2.75, 3.05) is 12.4 Å². The molecule has 2 aromatic carbocycles. The van der Waals surface area contributed by atoms with E-state index in [2.05, 4.69) is 10.6 Å². The molecule has 21 heavy (non-hydrogen) atoms. The quantitative estimate of drug-likeness (QED) is 0.905. The molecule has 0 saturated carbocycles. The molecule has 4 heteroatoms. The summed E-state index contributed by atoms with van der Waals surface area (Å²) >= 11 is 0. The Balaban J connectivity index is 2.01. The number of likely N-dealkylation sites (N-methyl/N-ethyl adjacent to an activating group) is 1. The van der Waals surface area contributed by atoms with E-state index >= 15 is 0 Å². The van der Waals surface area contributed by atoms with Gasteiger partial charge in [0.25, 0.3) is 5.91 Å². The molecule has 0 spiro atoms. The van der Waals surface area contributed by atoms with Gasteiger partial charge in [-0.1, -0.05) is 29.8 Å². The summed E-state index contributed by atoms with van der Waals surface area (Å²) in [6.45, 7) is 1.98. The molecule has 0 bridgehead atoms. The van der Waals surface area contributed by atoms with E-state index in [-0.39, 0.29) is 11.8 Å². The van der Waals surface area contributed by atoms with E-state index in [1.807, 2.05) is 31.2 Å². The molecule has 2 aromatic rings. The molecule has 0 unspecified atom stereocenters. The molecule has 4 nitrogen and oxygen atoms in total. The zero-order valence-corrected chi connectivity index (χ0v) is 12.1. The molecular weight excluding hydrogens is 264 g/mol. The smallest absolute Gasteiger partial charge is 0.255 e. The molecule has 0 aromatic heterocycles. The number of benzene rings is 2. The van der Waals surface area contributed by atoms with Gasteiger partial charge in [0, 0.05) is 18.3 Å². The van der Waals surface area contributed by atoms with E-state index in [1.165, 1.54) is 0 Å². The van der Waals surface area contributed by atoms with E-state index in [1.54, 1.807) is 31.3 Å². The first-order chi connectivity index (χ1) is 10.1. The standard InChI is InChI=1S/C17H18N2O2/c1-12-3-7-14(8-4-12)17(21)19-15-9-5-13(6-10-15)11-16(20)18-2/h3-10H,11H2,1-2H3,(H,18,20)(H,19,21). The molecule has 2 rings (SSSR count). The SMILES string of the molecule is CNC(=O)Cc1ccc(NC(=O)c2ccc(C)cc2)cc1. The van der Waals surface area contributed by atoms with Crippen LogP contribution < -0.4 is 10.6 Å². The second-order valence-corrected chi connectivity index (χ2v) is 4.87. The average molecular weight is 282 g/mol. The van der Waals surface area contributed by atoms with Gasteiger partial charge in [-0.15, -0.1) is 0 Å². The van der Waals surface area contributed by atoms with Crippen molar-refractivity contribution >= 4 is 17.5 Å². The van der Waals surface area contributed by atoms with Gasteiger partial charge in [-0.3, -0.25) is 9.59 Å². The van der Waals surface area contributed by atoms with Crippen molar-refractivity contribution in [1.82, 2.24) is 5.32 Å². The molecule has 0 heterocycles. The molecule has 0 fully saturated rings. The Kier molecular flexibility index (Phi) is 4.72. The van der Waals surface area contributed by atoms with Crippen molar-refractivity contribution in [1.29, 1.82) is 0 Å². The predicted octanol–water partition coefficient (Wildman–Crippen LogP) is 2.54. The predicted molar refractivity (Wildman–Crippen MR) is 83.3 cm³/mol. The number of hydrogen-bond acceptors (Lipinski definition) is 2. The van der Waals surface area contributed by atoms with Crippen molar-refractivity contribution in [3.63, 3.8) is 0 Å². The molecule has 0 aliphatic rings. The normalized spacial score (nSPS) is 10.0. The van der Waals surface area contributed by atoms with E-state index in [0.717, 1.165) is 11.1 Å². The van der Waals surface area contributed by atoms with Crippen LogP contribution in [0.5, 0.6) is 0 Å². The highest BCUT2D eigenvalue weighted by Gasteiger charge is 2.06. The third-order valence-corrected chi connectivity index (χ3v) is 3.17. The fourth-order valence-electron chi connectivity index (χ4n) is 1.89. The monoisotopic (exact) mass is 282 g/mol. The summed E-state index contributed by atoms with van der Waals surface area (Å²) in [5.41, 5.74) is 3.35. The van der Waals surface area contributed by atoms with Crippen LogP contribution in [0, 0.1) is 6.92 Å². The maximum Gasteiger partial charge on any atom is 0.255 e. The van der Waals surface area contributed by atoms with E-state index in [4.69, 9.17) is 0 Å². The Morgan fingerprint density at radius 1 is 0.952 bits per heavy atom. The van der Waals surface area contributed by atoms with Gasteiger partial charge in [0.1, 0.15) is 0 Å². The minimum absolute atomic E-state index is 0.0357. The van der Waals surface area contributed by atoms with Crippen LogP contribution in [-0.2, 0) is 11.2 Å². The average Bonchev–Trinajstić information content (AvgIpc) is 2.49. The molecule has 0 aliphatic carbocycles. The zero-order valence-electron chi connectivity index (χ0n) is 12.1. The fraction of sp³-hybridized carbons (Fsp3) is 0.176. The molecule has 0 saturated heterocycles. The van der Waals surface area contributed by atoms with Crippen molar-refractivity contribution < 1.29 is 9.59 Å². The lowest BCUT2D eigenvalue weighted by atomic mass is 10.1. The maximum atomic E-state index is 12.1. The minimum atomic E-state index is -0.144. The number of aryl methyl sites for hydroxylation is 1. The lowest BCUT2D eigenvalue weighted by Gasteiger charge is -2.07. The number of hydrogen-bond donors (Lipinski definition) is 2. The Morgan fingerprint density at radius 2 is 1.57 bits per heavy atom.